The van der Waals surface area contributed by atoms with Gasteiger partial charge < -0.3 is 14.7 Å². The summed E-state index contributed by atoms with van der Waals surface area (Å²) >= 11 is 0. The third-order valence-electron chi connectivity index (χ3n) is 2.60. The van der Waals surface area contributed by atoms with E-state index in [-0.39, 0.29) is 12.2 Å². The lowest BCUT2D eigenvalue weighted by atomic mass is 9.94. The van der Waals surface area contributed by atoms with Gasteiger partial charge in [0.25, 0.3) is 0 Å². The number of amides is 1. The van der Waals surface area contributed by atoms with Crippen molar-refractivity contribution in [1.82, 2.24) is 4.90 Å². The molecule has 0 spiro atoms. The lowest BCUT2D eigenvalue weighted by molar-refractivity contribution is -0.00373. The van der Waals surface area contributed by atoms with E-state index >= 15 is 0 Å². The van der Waals surface area contributed by atoms with E-state index in [0.29, 0.717) is 5.92 Å². The standard InChI is InChI=1S/C12H23NO3/c1-9(14)5-6-10-7-13(8-10)11(15)16-12(2,3)4/h9-10,14H,5-8H2,1-4H3/t9-/m1/s1. The fourth-order valence-electron chi connectivity index (χ4n) is 1.70. The van der Waals surface area contributed by atoms with E-state index in [0.717, 1.165) is 25.9 Å². The van der Waals surface area contributed by atoms with E-state index in [1.54, 1.807) is 11.8 Å². The van der Waals surface area contributed by atoms with Crippen LogP contribution in [0.25, 0.3) is 0 Å². The van der Waals surface area contributed by atoms with Crippen LogP contribution in [-0.2, 0) is 4.74 Å². The molecule has 0 aromatic heterocycles. The van der Waals surface area contributed by atoms with E-state index in [2.05, 4.69) is 0 Å². The molecule has 0 radical (unpaired) electrons. The van der Waals surface area contributed by atoms with Gasteiger partial charge in [0, 0.05) is 13.1 Å². The molecule has 4 nitrogen and oxygen atoms in total. The van der Waals surface area contributed by atoms with Gasteiger partial charge in [0.05, 0.1) is 6.10 Å². The maximum Gasteiger partial charge on any atom is 0.410 e. The molecule has 1 rings (SSSR count). The van der Waals surface area contributed by atoms with Crippen molar-refractivity contribution in [1.29, 1.82) is 0 Å². The first-order chi connectivity index (χ1) is 7.28. The summed E-state index contributed by atoms with van der Waals surface area (Å²) < 4.78 is 5.25. The van der Waals surface area contributed by atoms with Crippen molar-refractivity contribution in [3.8, 4) is 0 Å². The van der Waals surface area contributed by atoms with Gasteiger partial charge in [-0.05, 0) is 46.5 Å². The second-order valence-electron chi connectivity index (χ2n) is 5.68. The zero-order valence-electron chi connectivity index (χ0n) is 10.7. The maximum absolute atomic E-state index is 11.6. The summed E-state index contributed by atoms with van der Waals surface area (Å²) in [6.07, 6.45) is 1.33. The van der Waals surface area contributed by atoms with E-state index in [1.165, 1.54) is 0 Å². The number of nitrogens with zero attached hydrogens (tertiary/aromatic N) is 1. The molecule has 0 aromatic rings. The number of aliphatic hydroxyl groups is 1. The van der Waals surface area contributed by atoms with Crippen molar-refractivity contribution in [2.45, 2.75) is 52.2 Å². The average Bonchev–Trinajstić information content (AvgIpc) is 1.96. The SMILES string of the molecule is C[C@@H](O)CCC1CN(C(=O)OC(C)(C)C)C1. The molecular formula is C12H23NO3. The van der Waals surface area contributed by atoms with Crippen molar-refractivity contribution in [3.05, 3.63) is 0 Å². The lowest BCUT2D eigenvalue weighted by Gasteiger charge is -2.40. The molecule has 0 aromatic carbocycles. The van der Waals surface area contributed by atoms with Gasteiger partial charge in [-0.1, -0.05) is 0 Å². The van der Waals surface area contributed by atoms with Gasteiger partial charge in [-0.25, -0.2) is 4.79 Å². The van der Waals surface area contributed by atoms with Crippen molar-refractivity contribution >= 4 is 6.09 Å². The Kier molecular flexibility index (Phi) is 4.19. The highest BCUT2D eigenvalue weighted by Gasteiger charge is 2.33. The number of likely N-dealkylation sites (tertiary alicyclic amines) is 1. The molecule has 94 valence electrons. The summed E-state index contributed by atoms with van der Waals surface area (Å²) in [6, 6.07) is 0. The van der Waals surface area contributed by atoms with Crippen LogP contribution in [0.3, 0.4) is 0 Å². The van der Waals surface area contributed by atoms with Gasteiger partial charge in [0.15, 0.2) is 0 Å². The van der Waals surface area contributed by atoms with E-state index in [9.17, 15) is 4.79 Å². The largest absolute Gasteiger partial charge is 0.444 e. The highest BCUT2D eigenvalue weighted by atomic mass is 16.6. The number of ether oxygens (including phenoxy) is 1. The van der Waals surface area contributed by atoms with Gasteiger partial charge in [0.1, 0.15) is 5.60 Å². The lowest BCUT2D eigenvalue weighted by Crippen LogP contribution is -2.51. The van der Waals surface area contributed by atoms with Gasteiger partial charge in [-0.2, -0.15) is 0 Å². The predicted molar refractivity (Wildman–Crippen MR) is 62.2 cm³/mol. The van der Waals surface area contributed by atoms with Crippen molar-refractivity contribution in [3.63, 3.8) is 0 Å². The molecule has 1 heterocycles. The minimum Gasteiger partial charge on any atom is -0.444 e. The third kappa shape index (κ3) is 4.39. The van der Waals surface area contributed by atoms with Crippen LogP contribution in [0, 0.1) is 5.92 Å². The molecule has 16 heavy (non-hydrogen) atoms. The first-order valence-electron chi connectivity index (χ1n) is 5.94. The first kappa shape index (κ1) is 13.3. The van der Waals surface area contributed by atoms with Crippen LogP contribution in [0.1, 0.15) is 40.5 Å². The second-order valence-corrected chi connectivity index (χ2v) is 5.68. The van der Waals surface area contributed by atoms with Crippen LogP contribution in [0.2, 0.25) is 0 Å². The number of rotatable bonds is 3. The molecule has 0 unspecified atom stereocenters. The molecular weight excluding hydrogens is 206 g/mol. The molecule has 1 aliphatic heterocycles. The summed E-state index contributed by atoms with van der Waals surface area (Å²) in [7, 11) is 0. The predicted octanol–water partition coefficient (Wildman–Crippen LogP) is 2.01. The summed E-state index contributed by atoms with van der Waals surface area (Å²) in [6.45, 7) is 8.94. The fraction of sp³-hybridized carbons (Fsp3) is 0.917. The Morgan fingerprint density at radius 2 is 2.06 bits per heavy atom. The number of hydrogen-bond donors (Lipinski definition) is 1. The van der Waals surface area contributed by atoms with Crippen molar-refractivity contribution < 1.29 is 14.6 Å². The average molecular weight is 229 g/mol. The maximum atomic E-state index is 11.6. The Labute approximate surface area is 97.6 Å². The topological polar surface area (TPSA) is 49.8 Å². The molecule has 1 fully saturated rings. The molecule has 4 heteroatoms. The zero-order valence-corrected chi connectivity index (χ0v) is 10.7. The Balaban J connectivity index is 2.18. The van der Waals surface area contributed by atoms with Crippen LogP contribution in [0.15, 0.2) is 0 Å². The van der Waals surface area contributed by atoms with Gasteiger partial charge in [-0.3, -0.25) is 0 Å². The summed E-state index contributed by atoms with van der Waals surface area (Å²) in [5, 5.41) is 9.14. The van der Waals surface area contributed by atoms with Crippen molar-refractivity contribution in [2.24, 2.45) is 5.92 Å². The normalized spacial score (nSPS) is 19.2. The first-order valence-corrected chi connectivity index (χ1v) is 5.94. The highest BCUT2D eigenvalue weighted by molar-refractivity contribution is 5.69. The Bertz CT molecular complexity index is 239. The fourth-order valence-corrected chi connectivity index (χ4v) is 1.70. The Morgan fingerprint density at radius 3 is 2.50 bits per heavy atom. The van der Waals surface area contributed by atoms with Gasteiger partial charge >= 0.3 is 6.09 Å². The van der Waals surface area contributed by atoms with E-state index < -0.39 is 5.60 Å². The van der Waals surface area contributed by atoms with Crippen LogP contribution >= 0.6 is 0 Å². The number of carbonyl (C=O) groups is 1. The monoisotopic (exact) mass is 229 g/mol. The molecule has 1 aliphatic rings. The van der Waals surface area contributed by atoms with E-state index in [1.807, 2.05) is 20.8 Å². The van der Waals surface area contributed by atoms with Crippen LogP contribution in [0.4, 0.5) is 4.79 Å². The molecule has 0 aliphatic carbocycles. The summed E-state index contributed by atoms with van der Waals surface area (Å²) in [5.74, 6) is 0.530. The van der Waals surface area contributed by atoms with Crippen molar-refractivity contribution in [2.75, 3.05) is 13.1 Å². The summed E-state index contributed by atoms with van der Waals surface area (Å²) in [4.78, 5) is 13.3. The molecule has 1 saturated heterocycles. The molecule has 1 atom stereocenters. The van der Waals surface area contributed by atoms with Crippen LogP contribution in [0.5, 0.6) is 0 Å². The second kappa shape index (κ2) is 5.04. The van der Waals surface area contributed by atoms with Gasteiger partial charge in [0.2, 0.25) is 0 Å². The number of aliphatic hydroxyl groups excluding tert-OH is 1. The number of carbonyl (C=O) groups excluding carboxylic acids is 1. The molecule has 1 N–H and O–H groups in total. The Hall–Kier alpha value is -0.770. The quantitative estimate of drug-likeness (QED) is 0.805. The minimum atomic E-state index is -0.415. The van der Waals surface area contributed by atoms with Crippen LogP contribution < -0.4 is 0 Å². The molecule has 0 saturated carbocycles. The number of hydrogen-bond acceptors (Lipinski definition) is 3. The molecule has 1 amide bonds. The Morgan fingerprint density at radius 1 is 1.50 bits per heavy atom. The van der Waals surface area contributed by atoms with Crippen LogP contribution in [-0.4, -0.2) is 40.9 Å². The zero-order chi connectivity index (χ0) is 12.3. The third-order valence-corrected chi connectivity index (χ3v) is 2.60. The van der Waals surface area contributed by atoms with Gasteiger partial charge in [-0.15, -0.1) is 0 Å². The minimum absolute atomic E-state index is 0.221. The van der Waals surface area contributed by atoms with E-state index in [4.69, 9.17) is 9.84 Å². The summed E-state index contributed by atoms with van der Waals surface area (Å²) in [5.41, 5.74) is -0.415. The highest BCUT2D eigenvalue weighted by Crippen LogP contribution is 2.23. The molecule has 0 bridgehead atoms. The smallest absolute Gasteiger partial charge is 0.410 e.